The first-order chi connectivity index (χ1) is 8.65. The van der Waals surface area contributed by atoms with Gasteiger partial charge in [0.1, 0.15) is 7.05 Å². The molecule has 0 bridgehead atoms. The Kier molecular flexibility index (Phi) is 5.84. The molecule has 2 nitrogen and oxygen atoms in total. The first kappa shape index (κ1) is 15.5. The second-order valence-electron chi connectivity index (χ2n) is 4.44. The van der Waals surface area contributed by atoms with Crippen molar-refractivity contribution in [2.75, 3.05) is 19.0 Å². The Bertz CT molecular complexity index is 575. The summed E-state index contributed by atoms with van der Waals surface area (Å²) in [4.78, 5) is 2.08. The van der Waals surface area contributed by atoms with E-state index in [0.717, 1.165) is 11.1 Å². The van der Waals surface area contributed by atoms with E-state index in [4.69, 9.17) is 0 Å². The molecule has 0 atom stereocenters. The highest BCUT2D eigenvalue weighted by atomic mass is 127. The number of pyridine rings is 1. The van der Waals surface area contributed by atoms with Crippen molar-refractivity contribution in [2.45, 2.75) is 0 Å². The van der Waals surface area contributed by atoms with Gasteiger partial charge in [-0.1, -0.05) is 11.8 Å². The van der Waals surface area contributed by atoms with Gasteiger partial charge < -0.3 is 28.9 Å². The average molecular weight is 364 g/mol. The summed E-state index contributed by atoms with van der Waals surface area (Å²) < 4.78 is 2.00. The van der Waals surface area contributed by atoms with Gasteiger partial charge in [-0.2, -0.15) is 0 Å². The zero-order valence-corrected chi connectivity index (χ0v) is 13.5. The van der Waals surface area contributed by atoms with Crippen molar-refractivity contribution in [3.05, 3.63) is 59.9 Å². The van der Waals surface area contributed by atoms with Crippen molar-refractivity contribution in [1.29, 1.82) is 0 Å². The third-order valence-electron chi connectivity index (χ3n) is 2.71. The molecule has 19 heavy (non-hydrogen) atoms. The monoisotopic (exact) mass is 364 g/mol. The highest BCUT2D eigenvalue weighted by molar-refractivity contribution is 5.50. The van der Waals surface area contributed by atoms with E-state index in [2.05, 4.69) is 28.9 Å². The minimum absolute atomic E-state index is 0. The van der Waals surface area contributed by atoms with E-state index in [1.54, 1.807) is 0 Å². The number of hydrogen-bond donors (Lipinski definition) is 0. The maximum absolute atomic E-state index is 3.17. The number of aryl methyl sites for hydroxylation is 1. The van der Waals surface area contributed by atoms with Crippen molar-refractivity contribution in [3.63, 3.8) is 0 Å². The lowest BCUT2D eigenvalue weighted by molar-refractivity contribution is -0.671. The molecule has 0 amide bonds. The molecule has 98 valence electrons. The molecule has 2 rings (SSSR count). The van der Waals surface area contributed by atoms with Gasteiger partial charge in [0.2, 0.25) is 0 Å². The van der Waals surface area contributed by atoms with Crippen molar-refractivity contribution in [1.82, 2.24) is 0 Å². The summed E-state index contributed by atoms with van der Waals surface area (Å²) in [6.07, 6.45) is 4.00. The molecule has 0 aliphatic carbocycles. The van der Waals surface area contributed by atoms with Crippen LogP contribution in [0.15, 0.2) is 48.8 Å². The van der Waals surface area contributed by atoms with Crippen LogP contribution in [0.5, 0.6) is 0 Å². The predicted molar refractivity (Wildman–Crippen MR) is 74.4 cm³/mol. The lowest BCUT2D eigenvalue weighted by atomic mass is 10.2. The Hall–Kier alpha value is -1.54. The highest BCUT2D eigenvalue weighted by Crippen LogP contribution is 2.11. The molecule has 0 radical (unpaired) electrons. The molecule has 0 fully saturated rings. The fourth-order valence-corrected chi connectivity index (χ4v) is 1.57. The summed E-state index contributed by atoms with van der Waals surface area (Å²) in [6, 6.07) is 12.3. The lowest BCUT2D eigenvalue weighted by Gasteiger charge is -2.11. The molecule has 0 N–H and O–H groups in total. The summed E-state index contributed by atoms with van der Waals surface area (Å²) in [5, 5.41) is 0. The van der Waals surface area contributed by atoms with Gasteiger partial charge in [-0.3, -0.25) is 0 Å². The highest BCUT2D eigenvalue weighted by Gasteiger charge is 1.94. The van der Waals surface area contributed by atoms with Crippen LogP contribution in [-0.2, 0) is 7.05 Å². The third kappa shape index (κ3) is 4.56. The number of anilines is 1. The van der Waals surface area contributed by atoms with Gasteiger partial charge in [0.05, 0.1) is 0 Å². The van der Waals surface area contributed by atoms with Crippen LogP contribution in [0, 0.1) is 11.8 Å². The predicted octanol–water partition coefficient (Wildman–Crippen LogP) is -1.02. The second kappa shape index (κ2) is 7.15. The first-order valence-corrected chi connectivity index (χ1v) is 5.90. The molecule has 0 saturated carbocycles. The summed E-state index contributed by atoms with van der Waals surface area (Å²) >= 11 is 0. The van der Waals surface area contributed by atoms with Crippen LogP contribution in [0.25, 0.3) is 0 Å². The van der Waals surface area contributed by atoms with Crippen LogP contribution in [0.3, 0.4) is 0 Å². The number of hydrogen-bond acceptors (Lipinski definition) is 1. The van der Waals surface area contributed by atoms with Crippen molar-refractivity contribution < 1.29 is 28.5 Å². The molecule has 2 aromatic rings. The molecule has 0 aliphatic heterocycles. The normalized spacial score (nSPS) is 9.00. The lowest BCUT2D eigenvalue weighted by Crippen LogP contribution is -3.00. The van der Waals surface area contributed by atoms with Gasteiger partial charge >= 0.3 is 0 Å². The molecule has 1 heterocycles. The fraction of sp³-hybridized carbons (Fsp3) is 0.188. The number of benzene rings is 1. The molecule has 1 aromatic carbocycles. The maximum atomic E-state index is 3.17. The topological polar surface area (TPSA) is 7.12 Å². The molecule has 0 saturated heterocycles. The number of halogens is 1. The van der Waals surface area contributed by atoms with E-state index in [1.807, 2.05) is 62.4 Å². The zero-order valence-electron chi connectivity index (χ0n) is 11.4. The van der Waals surface area contributed by atoms with Gasteiger partial charge in [0, 0.05) is 43.0 Å². The minimum Gasteiger partial charge on any atom is -1.00 e. The zero-order chi connectivity index (χ0) is 13.0. The number of aromatic nitrogens is 1. The Morgan fingerprint density at radius 1 is 0.842 bits per heavy atom. The first-order valence-electron chi connectivity index (χ1n) is 5.90. The van der Waals surface area contributed by atoms with Gasteiger partial charge in [-0.25, -0.2) is 4.57 Å². The van der Waals surface area contributed by atoms with E-state index in [-0.39, 0.29) is 24.0 Å². The molecule has 3 heteroatoms. The molecule has 0 aliphatic rings. The van der Waals surface area contributed by atoms with Crippen LogP contribution in [0.2, 0.25) is 0 Å². The van der Waals surface area contributed by atoms with Crippen molar-refractivity contribution in [2.24, 2.45) is 7.05 Å². The summed E-state index contributed by atoms with van der Waals surface area (Å²) in [5.74, 6) is 6.33. The van der Waals surface area contributed by atoms with E-state index >= 15 is 0 Å². The largest absolute Gasteiger partial charge is 1.00 e. The standard InChI is InChI=1S/C16H17N2.HI/c1-17(2)16-8-6-14(7-9-16)4-5-15-10-12-18(3)13-11-15;/h6-13H,1-3H3;1H/q+1;/p-1. The summed E-state index contributed by atoms with van der Waals surface area (Å²) in [7, 11) is 6.06. The van der Waals surface area contributed by atoms with Crippen LogP contribution in [0.4, 0.5) is 5.69 Å². The van der Waals surface area contributed by atoms with Crippen molar-refractivity contribution >= 4 is 5.69 Å². The second-order valence-corrected chi connectivity index (χ2v) is 4.44. The number of nitrogens with zero attached hydrogens (tertiary/aromatic N) is 2. The Balaban J connectivity index is 0.00000180. The van der Waals surface area contributed by atoms with E-state index in [1.165, 1.54) is 5.69 Å². The smallest absolute Gasteiger partial charge is 0.169 e. The maximum Gasteiger partial charge on any atom is 0.169 e. The number of rotatable bonds is 1. The average Bonchev–Trinajstić information content (AvgIpc) is 2.38. The van der Waals surface area contributed by atoms with Gasteiger partial charge in [0.25, 0.3) is 0 Å². The van der Waals surface area contributed by atoms with Gasteiger partial charge in [-0.15, -0.1) is 0 Å². The molecule has 0 unspecified atom stereocenters. The van der Waals surface area contributed by atoms with E-state index in [0.29, 0.717) is 0 Å². The fourth-order valence-electron chi connectivity index (χ4n) is 1.57. The van der Waals surface area contributed by atoms with Crippen LogP contribution >= 0.6 is 0 Å². The molecular formula is C16H17IN2. The SMILES string of the molecule is CN(C)c1ccc(C#Cc2cc[n+](C)cc2)cc1.[I-]. The quantitative estimate of drug-likeness (QED) is 0.357. The van der Waals surface area contributed by atoms with Crippen LogP contribution in [-0.4, -0.2) is 14.1 Å². The molecular weight excluding hydrogens is 347 g/mol. The van der Waals surface area contributed by atoms with Crippen molar-refractivity contribution in [3.8, 4) is 11.8 Å². The van der Waals surface area contributed by atoms with Gasteiger partial charge in [-0.05, 0) is 24.3 Å². The Labute approximate surface area is 132 Å². The van der Waals surface area contributed by atoms with E-state index in [9.17, 15) is 0 Å². The third-order valence-corrected chi connectivity index (χ3v) is 2.71. The van der Waals surface area contributed by atoms with Crippen LogP contribution in [0.1, 0.15) is 11.1 Å². The molecule has 0 spiro atoms. The minimum atomic E-state index is 0. The van der Waals surface area contributed by atoms with E-state index < -0.39 is 0 Å². The summed E-state index contributed by atoms with van der Waals surface area (Å²) in [5.41, 5.74) is 3.26. The molecule has 1 aromatic heterocycles. The van der Waals surface area contributed by atoms with Gasteiger partial charge in [0.15, 0.2) is 12.4 Å². The Morgan fingerprint density at radius 2 is 1.32 bits per heavy atom. The summed E-state index contributed by atoms with van der Waals surface area (Å²) in [6.45, 7) is 0. The Morgan fingerprint density at radius 3 is 1.79 bits per heavy atom. The van der Waals surface area contributed by atoms with Crippen LogP contribution < -0.4 is 33.4 Å².